The number of rotatable bonds is 6. The van der Waals surface area contributed by atoms with Crippen molar-refractivity contribution in [3.8, 4) is 0 Å². The number of hydrogen-bond acceptors (Lipinski definition) is 7. The van der Waals surface area contributed by atoms with Gasteiger partial charge in [-0.05, 0) is 6.92 Å². The number of nitrogens with zero attached hydrogens (tertiary/aromatic N) is 2. The second-order valence-corrected chi connectivity index (χ2v) is 4.30. The highest BCUT2D eigenvalue weighted by atomic mass is 32.1. The van der Waals surface area contributed by atoms with Gasteiger partial charge in [-0.3, -0.25) is 0 Å². The van der Waals surface area contributed by atoms with Crippen molar-refractivity contribution in [2.24, 2.45) is 0 Å². The Morgan fingerprint density at radius 2 is 2.40 bits per heavy atom. The van der Waals surface area contributed by atoms with Gasteiger partial charge in [0, 0.05) is 38.2 Å². The second kappa shape index (κ2) is 5.24. The molecular formula is C8H16N4O2S. The number of hydrogen-bond donors (Lipinski definition) is 3. The fraction of sp³-hybridized carbons (Fsp3) is 0.750. The molecule has 0 aliphatic rings. The monoisotopic (exact) mass is 232 g/mol. The summed E-state index contributed by atoms with van der Waals surface area (Å²) < 4.78 is 8.72. The van der Waals surface area contributed by atoms with Gasteiger partial charge < -0.3 is 20.9 Å². The lowest BCUT2D eigenvalue weighted by molar-refractivity contribution is 0.0357. The van der Waals surface area contributed by atoms with Crippen LogP contribution in [0.5, 0.6) is 0 Å². The SMILES string of the molecule is COCCC(C)(O)CNc1nc(N)ns1. The minimum absolute atomic E-state index is 0.249. The third-order valence-corrected chi connectivity index (χ3v) is 2.59. The van der Waals surface area contributed by atoms with Crippen LogP contribution in [0.4, 0.5) is 11.1 Å². The molecule has 0 saturated heterocycles. The first kappa shape index (κ1) is 12.2. The minimum atomic E-state index is -0.823. The van der Waals surface area contributed by atoms with Crippen molar-refractivity contribution in [1.82, 2.24) is 9.36 Å². The van der Waals surface area contributed by atoms with Gasteiger partial charge in [0.05, 0.1) is 5.60 Å². The molecule has 86 valence electrons. The van der Waals surface area contributed by atoms with Gasteiger partial charge in [0.2, 0.25) is 11.1 Å². The molecule has 0 aliphatic carbocycles. The summed E-state index contributed by atoms with van der Waals surface area (Å²) in [7, 11) is 1.61. The van der Waals surface area contributed by atoms with Crippen molar-refractivity contribution in [3.05, 3.63) is 0 Å². The van der Waals surface area contributed by atoms with Crippen LogP contribution in [-0.2, 0) is 4.74 Å². The summed E-state index contributed by atoms with van der Waals surface area (Å²) in [5.74, 6) is 0.249. The summed E-state index contributed by atoms with van der Waals surface area (Å²) in [6.45, 7) is 2.65. The Kier molecular flexibility index (Phi) is 4.25. The van der Waals surface area contributed by atoms with Gasteiger partial charge in [0.25, 0.3) is 0 Å². The van der Waals surface area contributed by atoms with Crippen molar-refractivity contribution in [3.63, 3.8) is 0 Å². The van der Waals surface area contributed by atoms with Crippen LogP contribution >= 0.6 is 11.5 Å². The molecule has 0 radical (unpaired) electrons. The summed E-state index contributed by atoms with van der Waals surface area (Å²) in [6, 6.07) is 0. The largest absolute Gasteiger partial charge is 0.388 e. The van der Waals surface area contributed by atoms with Crippen molar-refractivity contribution >= 4 is 22.6 Å². The van der Waals surface area contributed by atoms with Gasteiger partial charge in [-0.25, -0.2) is 0 Å². The Morgan fingerprint density at radius 1 is 1.67 bits per heavy atom. The Balaban J connectivity index is 2.35. The highest BCUT2D eigenvalue weighted by molar-refractivity contribution is 7.09. The van der Waals surface area contributed by atoms with E-state index in [0.717, 1.165) is 0 Å². The van der Waals surface area contributed by atoms with Crippen LogP contribution in [-0.4, -0.2) is 40.3 Å². The highest BCUT2D eigenvalue weighted by Crippen LogP contribution is 2.15. The molecule has 1 atom stereocenters. The van der Waals surface area contributed by atoms with Crippen LogP contribution in [0.3, 0.4) is 0 Å². The summed E-state index contributed by atoms with van der Waals surface area (Å²) in [6.07, 6.45) is 0.560. The number of nitrogen functional groups attached to an aromatic ring is 1. The molecule has 0 amide bonds. The van der Waals surface area contributed by atoms with Crippen LogP contribution in [0.1, 0.15) is 13.3 Å². The van der Waals surface area contributed by atoms with Gasteiger partial charge in [-0.1, -0.05) is 0 Å². The maximum absolute atomic E-state index is 9.90. The molecule has 0 bridgehead atoms. The zero-order chi connectivity index (χ0) is 11.3. The predicted octanol–water partition coefficient (Wildman–Crippen LogP) is 0.320. The maximum atomic E-state index is 9.90. The first-order valence-electron chi connectivity index (χ1n) is 4.58. The summed E-state index contributed by atoms with van der Waals surface area (Å²) in [5, 5.41) is 13.5. The zero-order valence-electron chi connectivity index (χ0n) is 8.86. The van der Waals surface area contributed by atoms with E-state index in [-0.39, 0.29) is 5.95 Å². The quantitative estimate of drug-likeness (QED) is 0.654. The first-order valence-corrected chi connectivity index (χ1v) is 5.35. The first-order chi connectivity index (χ1) is 7.03. The molecule has 0 fully saturated rings. The van der Waals surface area contributed by atoms with Crippen LogP contribution in [0.15, 0.2) is 0 Å². The number of anilines is 2. The topological polar surface area (TPSA) is 93.3 Å². The second-order valence-electron chi connectivity index (χ2n) is 3.55. The lowest BCUT2D eigenvalue weighted by Gasteiger charge is -2.22. The van der Waals surface area contributed by atoms with Crippen LogP contribution < -0.4 is 11.1 Å². The van der Waals surface area contributed by atoms with E-state index >= 15 is 0 Å². The molecule has 0 spiro atoms. The van der Waals surface area contributed by atoms with Gasteiger partial charge in [-0.2, -0.15) is 9.36 Å². The number of aromatic nitrogens is 2. The predicted molar refractivity (Wildman–Crippen MR) is 59.9 cm³/mol. The van der Waals surface area contributed by atoms with Crippen LogP contribution in [0, 0.1) is 0 Å². The van der Waals surface area contributed by atoms with Gasteiger partial charge in [0.15, 0.2) is 0 Å². The van der Waals surface area contributed by atoms with Gasteiger partial charge in [-0.15, -0.1) is 0 Å². The molecule has 0 saturated carbocycles. The number of aliphatic hydroxyl groups is 1. The third kappa shape index (κ3) is 4.41. The fourth-order valence-electron chi connectivity index (χ4n) is 0.983. The molecular weight excluding hydrogens is 216 g/mol. The van der Waals surface area contributed by atoms with E-state index in [1.54, 1.807) is 14.0 Å². The van der Waals surface area contributed by atoms with E-state index < -0.39 is 5.60 Å². The standard InChI is InChI=1S/C8H16N4O2S/c1-8(13,3-4-14-2)5-10-7-11-6(9)12-15-7/h13H,3-5H2,1-2H3,(H3,9,10,11,12). The molecule has 1 heterocycles. The number of ether oxygens (including phenoxy) is 1. The van der Waals surface area contributed by atoms with Crippen molar-refractivity contribution < 1.29 is 9.84 Å². The smallest absolute Gasteiger partial charge is 0.233 e. The molecule has 1 aromatic heterocycles. The number of nitrogens with one attached hydrogen (secondary N) is 1. The molecule has 1 unspecified atom stereocenters. The average molecular weight is 232 g/mol. The van der Waals surface area contributed by atoms with Gasteiger partial charge >= 0.3 is 0 Å². The maximum Gasteiger partial charge on any atom is 0.233 e. The molecule has 1 rings (SSSR count). The summed E-state index contributed by atoms with van der Waals surface area (Å²) in [4.78, 5) is 3.93. The van der Waals surface area contributed by atoms with Crippen molar-refractivity contribution in [2.75, 3.05) is 31.3 Å². The van der Waals surface area contributed by atoms with E-state index in [1.807, 2.05) is 0 Å². The third-order valence-electron chi connectivity index (χ3n) is 1.91. The van der Waals surface area contributed by atoms with Crippen LogP contribution in [0.2, 0.25) is 0 Å². The van der Waals surface area contributed by atoms with E-state index in [1.165, 1.54) is 11.5 Å². The Labute approximate surface area is 92.6 Å². The van der Waals surface area contributed by atoms with E-state index in [4.69, 9.17) is 10.5 Å². The Morgan fingerprint density at radius 3 is 2.93 bits per heavy atom. The Hall–Kier alpha value is -0.920. The lowest BCUT2D eigenvalue weighted by Crippen LogP contribution is -2.34. The normalized spacial score (nSPS) is 14.9. The molecule has 4 N–H and O–H groups in total. The molecule has 15 heavy (non-hydrogen) atoms. The molecule has 1 aromatic rings. The molecule has 0 aliphatic heterocycles. The van der Waals surface area contributed by atoms with E-state index in [0.29, 0.717) is 24.7 Å². The van der Waals surface area contributed by atoms with Crippen molar-refractivity contribution in [2.45, 2.75) is 18.9 Å². The average Bonchev–Trinajstić information content (AvgIpc) is 2.59. The molecule has 0 aromatic carbocycles. The summed E-state index contributed by atoms with van der Waals surface area (Å²) in [5.41, 5.74) is 4.54. The van der Waals surface area contributed by atoms with E-state index in [2.05, 4.69) is 14.7 Å². The Bertz CT molecular complexity index is 303. The van der Waals surface area contributed by atoms with Crippen molar-refractivity contribution in [1.29, 1.82) is 0 Å². The molecule has 6 nitrogen and oxygen atoms in total. The number of nitrogens with two attached hydrogens (primary N) is 1. The summed E-state index contributed by atoms with van der Waals surface area (Å²) >= 11 is 1.17. The van der Waals surface area contributed by atoms with E-state index in [9.17, 15) is 5.11 Å². The minimum Gasteiger partial charge on any atom is -0.388 e. The fourth-order valence-corrected chi connectivity index (χ4v) is 1.47. The molecule has 7 heteroatoms. The number of methoxy groups -OCH3 is 1. The highest BCUT2D eigenvalue weighted by Gasteiger charge is 2.20. The van der Waals surface area contributed by atoms with Crippen LogP contribution in [0.25, 0.3) is 0 Å². The zero-order valence-corrected chi connectivity index (χ0v) is 9.67. The lowest BCUT2D eigenvalue weighted by atomic mass is 10.0. The van der Waals surface area contributed by atoms with Gasteiger partial charge in [0.1, 0.15) is 0 Å².